The van der Waals surface area contributed by atoms with Crippen LogP contribution in [0.4, 0.5) is 0 Å². The zero-order valence-electron chi connectivity index (χ0n) is 5.74. The topological polar surface area (TPSA) is 87.1 Å². The van der Waals surface area contributed by atoms with E-state index in [4.69, 9.17) is 16.1 Å². The maximum atomic E-state index is 10.1. The van der Waals surface area contributed by atoms with Gasteiger partial charge in [0.1, 0.15) is 6.04 Å². The number of rotatable bonds is 3. The SMILES string of the molecule is C[C@H](C#N)C[C@@H](N)C(=O)O. The van der Waals surface area contributed by atoms with E-state index in [9.17, 15) is 4.79 Å². The molecule has 0 fully saturated rings. The number of carboxylic acid groups (broad SMARTS) is 1. The average molecular weight is 142 g/mol. The molecule has 4 heteroatoms. The summed E-state index contributed by atoms with van der Waals surface area (Å²) in [5.41, 5.74) is 5.14. The highest BCUT2D eigenvalue weighted by Crippen LogP contribution is 2.01. The van der Waals surface area contributed by atoms with Crippen LogP contribution in [-0.4, -0.2) is 17.1 Å². The van der Waals surface area contributed by atoms with Crippen LogP contribution in [-0.2, 0) is 4.79 Å². The first-order valence-corrected chi connectivity index (χ1v) is 2.96. The third kappa shape index (κ3) is 3.05. The summed E-state index contributed by atoms with van der Waals surface area (Å²) in [6, 6.07) is 1.000. The van der Waals surface area contributed by atoms with Crippen LogP contribution in [0.25, 0.3) is 0 Å². The molecule has 0 saturated carbocycles. The minimum atomic E-state index is -1.05. The predicted octanol–water partition coefficient (Wildman–Crippen LogP) is -0.0519. The van der Waals surface area contributed by atoms with Gasteiger partial charge in [-0.15, -0.1) is 0 Å². The van der Waals surface area contributed by atoms with Gasteiger partial charge in [-0.3, -0.25) is 4.79 Å². The van der Waals surface area contributed by atoms with Crippen molar-refractivity contribution in [3.63, 3.8) is 0 Å². The first-order valence-electron chi connectivity index (χ1n) is 2.96. The minimum absolute atomic E-state index is 0.214. The average Bonchev–Trinajstić information content (AvgIpc) is 1.87. The lowest BCUT2D eigenvalue weighted by molar-refractivity contribution is -0.138. The summed E-state index contributed by atoms with van der Waals surface area (Å²) in [4.78, 5) is 10.1. The van der Waals surface area contributed by atoms with E-state index in [0.29, 0.717) is 0 Å². The van der Waals surface area contributed by atoms with E-state index in [1.54, 1.807) is 6.92 Å². The van der Waals surface area contributed by atoms with Crippen LogP contribution in [0, 0.1) is 17.2 Å². The summed E-state index contributed by atoms with van der Waals surface area (Å²) in [5.74, 6) is -1.34. The molecule has 0 unspecified atom stereocenters. The van der Waals surface area contributed by atoms with E-state index in [1.165, 1.54) is 0 Å². The second-order valence-electron chi connectivity index (χ2n) is 2.21. The third-order valence-corrected chi connectivity index (χ3v) is 1.15. The molecule has 2 atom stereocenters. The number of nitrogens with zero attached hydrogens (tertiary/aromatic N) is 1. The third-order valence-electron chi connectivity index (χ3n) is 1.15. The van der Waals surface area contributed by atoms with Crippen molar-refractivity contribution in [2.75, 3.05) is 0 Å². The second-order valence-corrected chi connectivity index (χ2v) is 2.21. The molecular formula is C6H10N2O2. The zero-order valence-corrected chi connectivity index (χ0v) is 5.74. The molecule has 4 nitrogen and oxygen atoms in total. The summed E-state index contributed by atoms with van der Waals surface area (Å²) in [5, 5.41) is 16.6. The Kier molecular flexibility index (Phi) is 3.44. The molecule has 0 aromatic heterocycles. The highest BCUT2D eigenvalue weighted by molar-refractivity contribution is 5.73. The summed E-state index contributed by atoms with van der Waals surface area (Å²) >= 11 is 0. The molecule has 0 aromatic rings. The molecule has 0 amide bonds. The Bertz CT molecular complexity index is 162. The normalized spacial score (nSPS) is 15.3. The molecule has 0 bridgehead atoms. The zero-order chi connectivity index (χ0) is 8.15. The van der Waals surface area contributed by atoms with Crippen LogP contribution < -0.4 is 5.73 Å². The largest absolute Gasteiger partial charge is 0.480 e. The maximum Gasteiger partial charge on any atom is 0.320 e. The Labute approximate surface area is 59.3 Å². The fourth-order valence-electron chi connectivity index (χ4n) is 0.534. The standard InChI is InChI=1S/C6H10N2O2/c1-4(3-7)2-5(8)6(9)10/h4-5H,2,8H2,1H3,(H,9,10)/t4-,5+/m0/s1. The van der Waals surface area contributed by atoms with Crippen molar-refractivity contribution in [1.29, 1.82) is 5.26 Å². The van der Waals surface area contributed by atoms with Crippen molar-refractivity contribution in [3.05, 3.63) is 0 Å². The lowest BCUT2D eigenvalue weighted by Crippen LogP contribution is -2.31. The van der Waals surface area contributed by atoms with Gasteiger partial charge in [0.15, 0.2) is 0 Å². The van der Waals surface area contributed by atoms with E-state index in [0.717, 1.165) is 0 Å². The molecule has 56 valence electrons. The highest BCUT2D eigenvalue weighted by atomic mass is 16.4. The van der Waals surface area contributed by atoms with Crippen molar-refractivity contribution in [2.45, 2.75) is 19.4 Å². The van der Waals surface area contributed by atoms with E-state index >= 15 is 0 Å². The van der Waals surface area contributed by atoms with Crippen molar-refractivity contribution in [3.8, 4) is 6.07 Å². The molecule has 0 heterocycles. The predicted molar refractivity (Wildman–Crippen MR) is 35.0 cm³/mol. The van der Waals surface area contributed by atoms with Gasteiger partial charge in [-0.1, -0.05) is 0 Å². The second kappa shape index (κ2) is 3.85. The van der Waals surface area contributed by atoms with Crippen molar-refractivity contribution >= 4 is 5.97 Å². The Balaban J connectivity index is 3.70. The Morgan fingerprint density at radius 1 is 1.90 bits per heavy atom. The van der Waals surface area contributed by atoms with Crippen LogP contribution in [0.1, 0.15) is 13.3 Å². The first-order chi connectivity index (χ1) is 4.57. The maximum absolute atomic E-state index is 10.1. The first kappa shape index (κ1) is 8.92. The molecule has 0 aliphatic heterocycles. The van der Waals surface area contributed by atoms with Crippen LogP contribution >= 0.6 is 0 Å². The number of nitriles is 1. The van der Waals surface area contributed by atoms with Crippen molar-refractivity contribution in [2.24, 2.45) is 11.7 Å². The molecule has 0 aromatic carbocycles. The van der Waals surface area contributed by atoms with Crippen LogP contribution in [0.15, 0.2) is 0 Å². The van der Waals surface area contributed by atoms with Gasteiger partial charge in [0.25, 0.3) is 0 Å². The number of hydrogen-bond acceptors (Lipinski definition) is 3. The van der Waals surface area contributed by atoms with Crippen LogP contribution in [0.2, 0.25) is 0 Å². The van der Waals surface area contributed by atoms with Crippen LogP contribution in [0.3, 0.4) is 0 Å². The van der Waals surface area contributed by atoms with E-state index < -0.39 is 12.0 Å². The van der Waals surface area contributed by atoms with Gasteiger partial charge in [0.05, 0.1) is 6.07 Å². The number of nitrogens with two attached hydrogens (primary N) is 1. The quantitative estimate of drug-likeness (QED) is 0.578. The summed E-state index contributed by atoms with van der Waals surface area (Å²) in [6.45, 7) is 1.64. The lowest BCUT2D eigenvalue weighted by atomic mass is 10.0. The van der Waals surface area contributed by atoms with Gasteiger partial charge < -0.3 is 10.8 Å². The molecule has 0 spiro atoms. The molecule has 3 N–H and O–H groups in total. The Hall–Kier alpha value is -1.08. The number of carbonyl (C=O) groups is 1. The highest BCUT2D eigenvalue weighted by Gasteiger charge is 2.14. The van der Waals surface area contributed by atoms with Gasteiger partial charge in [-0.05, 0) is 13.3 Å². The van der Waals surface area contributed by atoms with E-state index in [-0.39, 0.29) is 12.3 Å². The van der Waals surface area contributed by atoms with Crippen molar-refractivity contribution < 1.29 is 9.90 Å². The fraction of sp³-hybridized carbons (Fsp3) is 0.667. The van der Waals surface area contributed by atoms with E-state index in [1.807, 2.05) is 6.07 Å². The lowest BCUT2D eigenvalue weighted by Gasteiger charge is -2.05. The van der Waals surface area contributed by atoms with Gasteiger partial charge in [-0.2, -0.15) is 5.26 Å². The smallest absolute Gasteiger partial charge is 0.320 e. The fourth-order valence-corrected chi connectivity index (χ4v) is 0.534. The summed E-state index contributed by atoms with van der Waals surface area (Å²) in [6.07, 6.45) is 0.214. The molecule has 10 heavy (non-hydrogen) atoms. The Morgan fingerprint density at radius 2 is 2.40 bits per heavy atom. The molecule has 0 aliphatic rings. The Morgan fingerprint density at radius 3 is 2.70 bits per heavy atom. The molecule has 0 rings (SSSR count). The minimum Gasteiger partial charge on any atom is -0.480 e. The van der Waals surface area contributed by atoms with Crippen LogP contribution in [0.5, 0.6) is 0 Å². The van der Waals surface area contributed by atoms with Crippen molar-refractivity contribution in [1.82, 2.24) is 0 Å². The molecule has 0 aliphatic carbocycles. The van der Waals surface area contributed by atoms with Gasteiger partial charge in [0, 0.05) is 5.92 Å². The van der Waals surface area contributed by atoms with Gasteiger partial charge in [0.2, 0.25) is 0 Å². The number of hydrogen-bond donors (Lipinski definition) is 2. The molecule has 0 radical (unpaired) electrons. The summed E-state index contributed by atoms with van der Waals surface area (Å²) < 4.78 is 0. The van der Waals surface area contributed by atoms with Gasteiger partial charge in [-0.25, -0.2) is 0 Å². The van der Waals surface area contributed by atoms with E-state index in [2.05, 4.69) is 0 Å². The van der Waals surface area contributed by atoms with Gasteiger partial charge >= 0.3 is 5.97 Å². The number of aliphatic carboxylic acids is 1. The molecule has 0 saturated heterocycles. The molecular weight excluding hydrogens is 132 g/mol. The summed E-state index contributed by atoms with van der Waals surface area (Å²) in [7, 11) is 0. The monoisotopic (exact) mass is 142 g/mol. The number of carboxylic acids is 1.